The number of carbonyl (C=O) groups is 1. The highest BCUT2D eigenvalue weighted by Gasteiger charge is 2.52. The third-order valence-electron chi connectivity index (χ3n) is 6.19. The molecule has 1 aliphatic heterocycles. The number of amides is 1. The average molecular weight is 550 g/mol. The number of fused-ring (bicyclic) bond motifs is 1. The van der Waals surface area contributed by atoms with Gasteiger partial charge in [-0.1, -0.05) is 35.1 Å². The lowest BCUT2D eigenvalue weighted by Gasteiger charge is -2.28. The van der Waals surface area contributed by atoms with Crippen molar-refractivity contribution in [2.75, 3.05) is 12.1 Å². The number of rotatable bonds is 7. The number of ether oxygens (including phenoxy) is 2. The van der Waals surface area contributed by atoms with Gasteiger partial charge in [-0.05, 0) is 69.0 Å². The second-order valence-corrected chi connectivity index (χ2v) is 13.2. The van der Waals surface area contributed by atoms with E-state index < -0.39 is 33.4 Å². The first-order valence-electron chi connectivity index (χ1n) is 11.4. The highest BCUT2D eigenvalue weighted by molar-refractivity contribution is 7.90. The molecule has 1 aliphatic carbocycles. The normalized spacial score (nSPS) is 17.5. The van der Waals surface area contributed by atoms with Gasteiger partial charge < -0.3 is 19.3 Å². The Morgan fingerprint density at radius 1 is 1.22 bits per heavy atom. The molecule has 0 bridgehead atoms. The van der Waals surface area contributed by atoms with E-state index in [0.717, 1.165) is 18.4 Å². The van der Waals surface area contributed by atoms with Gasteiger partial charge in [0.25, 0.3) is 0 Å². The topological polar surface area (TPSA) is 95.5 Å². The fraction of sp³-hybridized carbons (Fsp3) is 0.360. The van der Waals surface area contributed by atoms with E-state index in [-0.39, 0.29) is 17.7 Å². The Hall–Kier alpha value is -2.37. The maximum Gasteiger partial charge on any atom is 0.236 e. The number of aromatic nitrogens is 1. The molecule has 1 saturated carbocycles. The first-order valence-corrected chi connectivity index (χ1v) is 13.7. The van der Waals surface area contributed by atoms with Gasteiger partial charge in [0, 0.05) is 22.6 Å². The Bertz CT molecular complexity index is 1310. The molecule has 2 N–H and O–H groups in total. The van der Waals surface area contributed by atoms with Gasteiger partial charge >= 0.3 is 0 Å². The van der Waals surface area contributed by atoms with E-state index >= 15 is 0 Å². The van der Waals surface area contributed by atoms with E-state index in [0.29, 0.717) is 27.1 Å². The molecule has 7 nitrogen and oxygen atoms in total. The van der Waals surface area contributed by atoms with Crippen LogP contribution in [-0.2, 0) is 21.6 Å². The molecule has 0 unspecified atom stereocenters. The van der Waals surface area contributed by atoms with Crippen LogP contribution in [0, 0.1) is 5.82 Å². The van der Waals surface area contributed by atoms with Crippen LogP contribution >= 0.6 is 22.9 Å². The maximum atomic E-state index is 13.7. The lowest BCUT2D eigenvalue weighted by molar-refractivity contribution is -0.118. The van der Waals surface area contributed by atoms with Crippen LogP contribution in [0.25, 0.3) is 0 Å². The van der Waals surface area contributed by atoms with Crippen LogP contribution in [0.2, 0.25) is 5.02 Å². The van der Waals surface area contributed by atoms with Crippen molar-refractivity contribution in [1.29, 1.82) is 0 Å². The van der Waals surface area contributed by atoms with E-state index in [1.807, 2.05) is 39.0 Å². The van der Waals surface area contributed by atoms with Crippen molar-refractivity contribution >= 4 is 45.3 Å². The molecule has 0 spiro atoms. The zero-order chi connectivity index (χ0) is 25.7. The fourth-order valence-corrected chi connectivity index (χ4v) is 6.01. The summed E-state index contributed by atoms with van der Waals surface area (Å²) in [4.78, 5) is 18.4. The number of nitrogens with one attached hydrogen (secondary N) is 2. The molecule has 2 heterocycles. The molecule has 2 atom stereocenters. The number of anilines is 1. The lowest BCUT2D eigenvalue weighted by Crippen LogP contribution is -2.41. The summed E-state index contributed by atoms with van der Waals surface area (Å²) in [6.45, 7) is 5.72. The molecule has 2 aliphatic rings. The van der Waals surface area contributed by atoms with Crippen molar-refractivity contribution < 1.29 is 23.2 Å². The van der Waals surface area contributed by atoms with Crippen LogP contribution in [0.3, 0.4) is 0 Å². The second-order valence-electron chi connectivity index (χ2n) is 9.77. The van der Waals surface area contributed by atoms with E-state index in [9.17, 15) is 13.7 Å². The molecule has 1 amide bonds. The van der Waals surface area contributed by atoms with Crippen molar-refractivity contribution in [3.05, 3.63) is 69.4 Å². The number of benzene rings is 2. The number of hydrogen-bond donors (Lipinski definition) is 2. The molecule has 1 aromatic heterocycles. The molecule has 36 heavy (non-hydrogen) atoms. The summed E-state index contributed by atoms with van der Waals surface area (Å²) in [7, 11) is 0. The summed E-state index contributed by atoms with van der Waals surface area (Å²) < 4.78 is 40.1. The van der Waals surface area contributed by atoms with Gasteiger partial charge in [-0.15, -0.1) is 4.72 Å². The Kier molecular flexibility index (Phi) is 6.67. The van der Waals surface area contributed by atoms with Crippen molar-refractivity contribution in [1.82, 2.24) is 9.71 Å². The second kappa shape index (κ2) is 9.50. The Labute approximate surface area is 220 Å². The van der Waals surface area contributed by atoms with Crippen LogP contribution in [0.4, 0.5) is 9.52 Å². The number of carbonyl (C=O) groups excluding carboxylic acids is 1. The monoisotopic (exact) mass is 549 g/mol. The smallest absolute Gasteiger partial charge is 0.236 e. The van der Waals surface area contributed by atoms with Gasteiger partial charge in [-0.3, -0.25) is 4.79 Å². The number of thiazole rings is 1. The molecule has 2 aromatic carbocycles. The molecule has 11 heteroatoms. The Morgan fingerprint density at radius 3 is 2.67 bits per heavy atom. The standard InChI is InChI=1S/C25H25ClFN3O4S2/c1-24(2,3)36(32)30-21(16-6-5-15(27)11-17(16)26)20-12-28-23(35-20)29-22(31)25(8-9-25)14-4-7-18-19(10-14)34-13-33-18/h4-7,10-12,21,30H,8-9,13H2,1-3H3,(H,28,29,31)/t21-,36+/m1/s1. The minimum absolute atomic E-state index is 0.148. The molecule has 190 valence electrons. The van der Waals surface area contributed by atoms with Crippen LogP contribution in [-0.4, -0.2) is 27.0 Å². The van der Waals surface area contributed by atoms with Crippen LogP contribution < -0.4 is 19.5 Å². The van der Waals surface area contributed by atoms with E-state index in [1.54, 1.807) is 12.3 Å². The molecule has 5 rings (SSSR count). The van der Waals surface area contributed by atoms with E-state index in [2.05, 4.69) is 15.0 Å². The van der Waals surface area contributed by atoms with Gasteiger partial charge in [-0.25, -0.2) is 9.37 Å². The highest BCUT2D eigenvalue weighted by atomic mass is 35.5. The highest BCUT2D eigenvalue weighted by Crippen LogP contribution is 2.51. The molecular formula is C25H25ClFN3O4S2. The maximum absolute atomic E-state index is 13.7. The van der Waals surface area contributed by atoms with Crippen LogP contribution in [0.5, 0.6) is 11.5 Å². The number of halogens is 2. The third kappa shape index (κ3) is 4.92. The van der Waals surface area contributed by atoms with Crippen molar-refractivity contribution in [3.8, 4) is 11.5 Å². The predicted molar refractivity (Wildman–Crippen MR) is 139 cm³/mol. The summed E-state index contributed by atoms with van der Waals surface area (Å²) in [5, 5.41) is 3.56. The molecular weight excluding hydrogens is 525 g/mol. The summed E-state index contributed by atoms with van der Waals surface area (Å²) in [6.07, 6.45) is 3.05. The quantitative estimate of drug-likeness (QED) is 0.379. The Morgan fingerprint density at radius 2 is 1.97 bits per heavy atom. The fourth-order valence-electron chi connectivity index (χ4n) is 3.95. The average Bonchev–Trinajstić information content (AvgIpc) is 3.28. The van der Waals surface area contributed by atoms with Gasteiger partial charge in [0.1, 0.15) is 16.6 Å². The summed E-state index contributed by atoms with van der Waals surface area (Å²) in [5.41, 5.74) is 0.800. The minimum Gasteiger partial charge on any atom is -0.598 e. The number of nitrogens with zero attached hydrogens (tertiary/aromatic N) is 1. The molecule has 0 saturated heterocycles. The van der Waals surface area contributed by atoms with Crippen LogP contribution in [0.15, 0.2) is 42.6 Å². The summed E-state index contributed by atoms with van der Waals surface area (Å²) >= 11 is 6.16. The van der Waals surface area contributed by atoms with Gasteiger partial charge in [0.05, 0.1) is 10.3 Å². The SMILES string of the molecule is CC(C)(C)[S@+]([O-])N[C@@H](c1cnc(NC(=O)C2(c3ccc4c(c3)OCO4)CC2)s1)c1ccc(F)cc1Cl. The van der Waals surface area contributed by atoms with E-state index in [4.69, 9.17) is 21.1 Å². The first-order chi connectivity index (χ1) is 17.1. The Balaban J connectivity index is 1.38. The molecule has 1 fully saturated rings. The molecule has 3 aromatic rings. The van der Waals surface area contributed by atoms with Crippen molar-refractivity contribution in [2.24, 2.45) is 0 Å². The number of hydrogen-bond acceptors (Lipinski definition) is 7. The summed E-state index contributed by atoms with van der Waals surface area (Å²) in [6, 6.07) is 9.06. The van der Waals surface area contributed by atoms with E-state index in [1.165, 1.54) is 23.5 Å². The van der Waals surface area contributed by atoms with Gasteiger partial charge in [-0.2, -0.15) is 0 Å². The molecule has 0 radical (unpaired) electrons. The van der Waals surface area contributed by atoms with Gasteiger partial charge in [0.2, 0.25) is 12.7 Å². The first kappa shape index (κ1) is 25.3. The zero-order valence-electron chi connectivity index (χ0n) is 19.9. The largest absolute Gasteiger partial charge is 0.598 e. The van der Waals surface area contributed by atoms with Gasteiger partial charge in [0.15, 0.2) is 16.6 Å². The van der Waals surface area contributed by atoms with Crippen molar-refractivity contribution in [3.63, 3.8) is 0 Å². The third-order valence-corrected chi connectivity index (χ3v) is 9.06. The van der Waals surface area contributed by atoms with Crippen molar-refractivity contribution in [2.45, 2.75) is 49.8 Å². The summed E-state index contributed by atoms with van der Waals surface area (Å²) in [5.74, 6) is 0.699. The zero-order valence-corrected chi connectivity index (χ0v) is 22.3. The van der Waals surface area contributed by atoms with Crippen LogP contribution in [0.1, 0.15) is 55.7 Å². The minimum atomic E-state index is -1.45. The predicted octanol–water partition coefficient (Wildman–Crippen LogP) is 5.48. The lowest BCUT2D eigenvalue weighted by atomic mass is 9.94.